The molecule has 0 aromatic heterocycles. The number of nitrogens with two attached hydrogens (primary N) is 1. The molecule has 1 amide bonds. The van der Waals surface area contributed by atoms with Gasteiger partial charge in [-0.1, -0.05) is 44.4 Å². The maximum absolute atomic E-state index is 14.0. The Bertz CT molecular complexity index is 852. The zero-order valence-corrected chi connectivity index (χ0v) is 17.3. The van der Waals surface area contributed by atoms with E-state index in [-0.39, 0.29) is 17.8 Å². The molecular formula is C23H27F5N2O. The number of aryl methyl sites for hydroxylation is 2. The number of anilines is 2. The molecule has 0 fully saturated rings. The molecule has 0 aliphatic carbocycles. The van der Waals surface area contributed by atoms with Crippen molar-refractivity contribution >= 4 is 17.3 Å². The van der Waals surface area contributed by atoms with Gasteiger partial charge in [-0.05, 0) is 54.7 Å². The Balaban J connectivity index is 1.91. The molecule has 0 bridgehead atoms. The normalized spacial score (nSPS) is 13.6. The Morgan fingerprint density at radius 2 is 1.61 bits per heavy atom. The minimum absolute atomic E-state index is 0.0131. The third kappa shape index (κ3) is 7.52. The fraction of sp³-hybridized carbons (Fsp3) is 0.435. The van der Waals surface area contributed by atoms with Crippen LogP contribution in [-0.4, -0.2) is 18.3 Å². The summed E-state index contributed by atoms with van der Waals surface area (Å²) in [5.41, 5.74) is 7.15. The number of carbonyl (C=O) groups excluding carboxylic acids is 1. The Morgan fingerprint density at radius 3 is 2.19 bits per heavy atom. The number of benzene rings is 2. The fourth-order valence-corrected chi connectivity index (χ4v) is 3.13. The highest BCUT2D eigenvalue weighted by molar-refractivity contribution is 5.97. The van der Waals surface area contributed by atoms with Crippen molar-refractivity contribution in [2.75, 3.05) is 11.1 Å². The average molecular weight is 442 g/mol. The largest absolute Gasteiger partial charge is 0.416 e. The van der Waals surface area contributed by atoms with Crippen LogP contribution in [0.4, 0.5) is 33.3 Å². The van der Waals surface area contributed by atoms with Gasteiger partial charge < -0.3 is 11.1 Å². The maximum Gasteiger partial charge on any atom is 0.416 e. The first-order valence-corrected chi connectivity index (χ1v) is 10.3. The fourth-order valence-electron chi connectivity index (χ4n) is 3.13. The zero-order chi connectivity index (χ0) is 23.0. The first-order valence-electron chi connectivity index (χ1n) is 10.3. The van der Waals surface area contributed by atoms with Gasteiger partial charge in [-0.15, -0.1) is 0 Å². The topological polar surface area (TPSA) is 55.1 Å². The molecule has 170 valence electrons. The summed E-state index contributed by atoms with van der Waals surface area (Å²) in [6.45, 7) is 1.95. The highest BCUT2D eigenvalue weighted by Crippen LogP contribution is 2.29. The van der Waals surface area contributed by atoms with Crippen molar-refractivity contribution in [2.24, 2.45) is 0 Å². The molecule has 0 saturated carbocycles. The summed E-state index contributed by atoms with van der Waals surface area (Å²) >= 11 is 0. The first kappa shape index (κ1) is 24.6. The van der Waals surface area contributed by atoms with Crippen molar-refractivity contribution < 1.29 is 26.7 Å². The Morgan fingerprint density at radius 1 is 1.00 bits per heavy atom. The minimum Gasteiger partial charge on any atom is -0.397 e. The Hall–Kier alpha value is -2.64. The van der Waals surface area contributed by atoms with E-state index in [9.17, 15) is 26.7 Å². The van der Waals surface area contributed by atoms with Crippen LogP contribution in [0.5, 0.6) is 0 Å². The molecule has 8 heteroatoms. The van der Waals surface area contributed by atoms with Crippen molar-refractivity contribution in [3.8, 4) is 0 Å². The van der Waals surface area contributed by atoms with Crippen LogP contribution in [-0.2, 0) is 23.8 Å². The molecule has 0 unspecified atom stereocenters. The number of hydrogen-bond donors (Lipinski definition) is 2. The van der Waals surface area contributed by atoms with Gasteiger partial charge in [0.25, 0.3) is 5.91 Å². The van der Waals surface area contributed by atoms with Gasteiger partial charge in [0.05, 0.1) is 16.9 Å². The SMILES string of the molecule is CCCCC[C@@H](F)[C@H](F)C(=O)Nc1ccc(CCc2ccc(C(F)(F)F)cc2)cc1N. The van der Waals surface area contributed by atoms with Crippen molar-refractivity contribution in [1.82, 2.24) is 0 Å². The number of rotatable bonds is 10. The van der Waals surface area contributed by atoms with E-state index in [0.29, 0.717) is 19.3 Å². The Kier molecular flexibility index (Phi) is 8.83. The second-order valence-electron chi connectivity index (χ2n) is 7.52. The summed E-state index contributed by atoms with van der Waals surface area (Å²) in [4.78, 5) is 12.0. The summed E-state index contributed by atoms with van der Waals surface area (Å²) in [6, 6.07) is 9.71. The molecule has 3 nitrogen and oxygen atoms in total. The van der Waals surface area contributed by atoms with Crippen LogP contribution in [0.1, 0.15) is 49.3 Å². The van der Waals surface area contributed by atoms with Crippen LogP contribution in [0, 0.1) is 0 Å². The highest BCUT2D eigenvalue weighted by atomic mass is 19.4. The molecule has 0 saturated heterocycles. The standard InChI is InChI=1S/C23H27F5N2O/c1-2-3-4-5-18(24)21(25)22(31)30-20-13-10-16(14-19(20)29)7-6-15-8-11-17(12-9-15)23(26,27)28/h8-14,18,21H,2-7,29H2,1H3,(H,30,31)/t18-,21+/m1/s1. The maximum atomic E-state index is 14.0. The lowest BCUT2D eigenvalue weighted by Crippen LogP contribution is -2.32. The van der Waals surface area contributed by atoms with E-state index in [2.05, 4.69) is 5.32 Å². The lowest BCUT2D eigenvalue weighted by Gasteiger charge is -2.15. The van der Waals surface area contributed by atoms with E-state index in [1.54, 1.807) is 12.1 Å². The molecule has 0 aliphatic rings. The molecule has 0 spiro atoms. The molecular weight excluding hydrogens is 415 g/mol. The summed E-state index contributed by atoms with van der Waals surface area (Å²) in [5, 5.41) is 2.32. The van der Waals surface area contributed by atoms with Crippen molar-refractivity contribution in [3.63, 3.8) is 0 Å². The van der Waals surface area contributed by atoms with Gasteiger partial charge in [-0.3, -0.25) is 4.79 Å². The molecule has 3 N–H and O–H groups in total. The van der Waals surface area contributed by atoms with Gasteiger partial charge in [0.15, 0.2) is 0 Å². The number of unbranched alkanes of at least 4 members (excludes halogenated alkanes) is 2. The van der Waals surface area contributed by atoms with Crippen LogP contribution in [0.25, 0.3) is 0 Å². The molecule has 2 aromatic carbocycles. The lowest BCUT2D eigenvalue weighted by atomic mass is 10.0. The molecule has 2 rings (SSSR count). The molecule has 2 atom stereocenters. The summed E-state index contributed by atoms with van der Waals surface area (Å²) in [6.07, 6.45) is -5.35. The number of nitrogen functional groups attached to an aromatic ring is 1. The predicted octanol–water partition coefficient (Wildman–Crippen LogP) is 6.27. The van der Waals surface area contributed by atoms with E-state index < -0.39 is 30.0 Å². The minimum atomic E-state index is -4.37. The average Bonchev–Trinajstić information content (AvgIpc) is 2.73. The van der Waals surface area contributed by atoms with Crippen LogP contribution in [0.15, 0.2) is 42.5 Å². The van der Waals surface area contributed by atoms with Crippen LogP contribution in [0.2, 0.25) is 0 Å². The van der Waals surface area contributed by atoms with Gasteiger partial charge in [-0.25, -0.2) is 8.78 Å². The predicted molar refractivity (Wildman–Crippen MR) is 112 cm³/mol. The van der Waals surface area contributed by atoms with Crippen LogP contribution in [0.3, 0.4) is 0 Å². The third-order valence-electron chi connectivity index (χ3n) is 5.01. The monoisotopic (exact) mass is 442 g/mol. The summed E-state index contributed by atoms with van der Waals surface area (Å²) < 4.78 is 65.7. The van der Waals surface area contributed by atoms with E-state index in [1.165, 1.54) is 18.2 Å². The van der Waals surface area contributed by atoms with Gasteiger partial charge in [0.2, 0.25) is 6.17 Å². The summed E-state index contributed by atoms with van der Waals surface area (Å²) in [7, 11) is 0. The molecule has 0 heterocycles. The Labute approximate surface area is 178 Å². The quantitative estimate of drug-likeness (QED) is 0.259. The summed E-state index contributed by atoms with van der Waals surface area (Å²) in [5.74, 6) is -1.08. The number of carbonyl (C=O) groups is 1. The van der Waals surface area contributed by atoms with E-state index >= 15 is 0 Å². The molecule has 2 aromatic rings. The molecule has 31 heavy (non-hydrogen) atoms. The van der Waals surface area contributed by atoms with Crippen molar-refractivity contribution in [2.45, 2.75) is 64.0 Å². The van der Waals surface area contributed by atoms with Gasteiger partial charge >= 0.3 is 6.18 Å². The van der Waals surface area contributed by atoms with Crippen LogP contribution < -0.4 is 11.1 Å². The number of halogens is 5. The number of amides is 1. The number of alkyl halides is 5. The van der Waals surface area contributed by atoms with Gasteiger partial charge in [0.1, 0.15) is 6.17 Å². The van der Waals surface area contributed by atoms with E-state index in [1.807, 2.05) is 6.92 Å². The van der Waals surface area contributed by atoms with Gasteiger partial charge in [-0.2, -0.15) is 13.2 Å². The third-order valence-corrected chi connectivity index (χ3v) is 5.01. The van der Waals surface area contributed by atoms with Gasteiger partial charge in [0, 0.05) is 0 Å². The van der Waals surface area contributed by atoms with E-state index in [4.69, 9.17) is 5.73 Å². The second kappa shape index (κ2) is 11.1. The highest BCUT2D eigenvalue weighted by Gasteiger charge is 2.30. The second-order valence-corrected chi connectivity index (χ2v) is 7.52. The molecule has 0 radical (unpaired) electrons. The van der Waals surface area contributed by atoms with Crippen LogP contribution >= 0.6 is 0 Å². The number of hydrogen-bond acceptors (Lipinski definition) is 2. The van der Waals surface area contributed by atoms with E-state index in [0.717, 1.165) is 36.1 Å². The van der Waals surface area contributed by atoms with Crippen molar-refractivity contribution in [1.29, 1.82) is 0 Å². The van der Waals surface area contributed by atoms with Crippen molar-refractivity contribution in [3.05, 3.63) is 59.2 Å². The first-order chi connectivity index (χ1) is 14.6. The molecule has 0 aliphatic heterocycles. The zero-order valence-electron chi connectivity index (χ0n) is 17.3. The number of nitrogens with one attached hydrogen (secondary N) is 1. The smallest absolute Gasteiger partial charge is 0.397 e. The lowest BCUT2D eigenvalue weighted by molar-refractivity contribution is -0.137.